The molecule has 40 heavy (non-hydrogen) atoms. The summed E-state index contributed by atoms with van der Waals surface area (Å²) in [6, 6.07) is 27.1. The SMILES string of the molecule is CC1(C)C(/C=C/c2cc3ccccc3o2)=[N+](CCCCCC(=O)NCCN)c2ccc(Nc3ccccc3)cc21. The summed E-state index contributed by atoms with van der Waals surface area (Å²) in [5.74, 6) is 0.924. The number of hydrogen-bond acceptors (Lipinski definition) is 4. The van der Waals surface area contributed by atoms with Gasteiger partial charge in [0, 0.05) is 60.4 Å². The molecule has 0 unspecified atom stereocenters. The molecule has 1 aliphatic rings. The van der Waals surface area contributed by atoms with Gasteiger partial charge in [-0.05, 0) is 69.2 Å². The van der Waals surface area contributed by atoms with E-state index in [1.54, 1.807) is 0 Å². The van der Waals surface area contributed by atoms with Gasteiger partial charge < -0.3 is 20.8 Å². The Bertz CT molecular complexity index is 1500. The Morgan fingerprint density at radius 1 is 0.925 bits per heavy atom. The van der Waals surface area contributed by atoms with Gasteiger partial charge in [0.25, 0.3) is 0 Å². The number of amides is 1. The fourth-order valence-electron chi connectivity index (χ4n) is 5.46. The summed E-state index contributed by atoms with van der Waals surface area (Å²) in [5, 5.41) is 7.51. The van der Waals surface area contributed by atoms with Crippen LogP contribution in [0.3, 0.4) is 0 Å². The molecule has 5 rings (SSSR count). The molecule has 2 heterocycles. The summed E-state index contributed by atoms with van der Waals surface area (Å²) >= 11 is 0. The van der Waals surface area contributed by atoms with Crippen molar-refractivity contribution < 1.29 is 13.8 Å². The molecule has 0 atom stereocenters. The zero-order chi connectivity index (χ0) is 28.0. The number of unbranched alkanes of at least 4 members (excludes halogenated alkanes) is 2. The van der Waals surface area contributed by atoms with E-state index in [0.29, 0.717) is 19.5 Å². The highest BCUT2D eigenvalue weighted by atomic mass is 16.3. The maximum atomic E-state index is 12.0. The van der Waals surface area contributed by atoms with Crippen molar-refractivity contribution >= 4 is 45.7 Å². The van der Waals surface area contributed by atoms with E-state index in [2.05, 4.69) is 83.7 Å². The van der Waals surface area contributed by atoms with E-state index >= 15 is 0 Å². The minimum Gasteiger partial charge on any atom is -0.457 e. The van der Waals surface area contributed by atoms with Gasteiger partial charge >= 0.3 is 0 Å². The summed E-state index contributed by atoms with van der Waals surface area (Å²) in [6.45, 7) is 6.47. The Hall–Kier alpha value is -4.16. The summed E-state index contributed by atoms with van der Waals surface area (Å²) in [4.78, 5) is 12.0. The molecule has 0 aliphatic carbocycles. The molecule has 1 aromatic heterocycles. The van der Waals surface area contributed by atoms with E-state index in [1.807, 2.05) is 36.4 Å². The smallest absolute Gasteiger partial charge is 0.220 e. The Morgan fingerprint density at radius 2 is 1.73 bits per heavy atom. The number of furan rings is 1. The maximum absolute atomic E-state index is 12.0. The minimum atomic E-state index is -0.200. The highest BCUT2D eigenvalue weighted by molar-refractivity contribution is 6.05. The normalized spacial score (nSPS) is 14.2. The summed E-state index contributed by atoms with van der Waals surface area (Å²) in [5.41, 5.74) is 12.1. The van der Waals surface area contributed by atoms with Crippen LogP contribution in [0.15, 0.2) is 89.4 Å². The lowest BCUT2D eigenvalue weighted by molar-refractivity contribution is -0.438. The van der Waals surface area contributed by atoms with Crippen LogP contribution in [0.25, 0.3) is 17.0 Å². The van der Waals surface area contributed by atoms with E-state index < -0.39 is 0 Å². The number of rotatable bonds is 12. The van der Waals surface area contributed by atoms with Crippen molar-refractivity contribution in [2.75, 3.05) is 25.0 Å². The van der Waals surface area contributed by atoms with Gasteiger partial charge in [-0.25, -0.2) is 0 Å². The van der Waals surface area contributed by atoms with Crippen LogP contribution in [0.4, 0.5) is 17.1 Å². The second-order valence-electron chi connectivity index (χ2n) is 10.9. The lowest BCUT2D eigenvalue weighted by atomic mass is 9.81. The first-order chi connectivity index (χ1) is 19.5. The number of hydrogen-bond donors (Lipinski definition) is 3. The molecule has 6 nitrogen and oxygen atoms in total. The summed E-state index contributed by atoms with van der Waals surface area (Å²) in [6.07, 6.45) is 7.68. The average Bonchev–Trinajstić information content (AvgIpc) is 3.46. The first-order valence-electron chi connectivity index (χ1n) is 14.2. The van der Waals surface area contributed by atoms with Crippen LogP contribution in [0.2, 0.25) is 0 Å². The zero-order valence-corrected chi connectivity index (χ0v) is 23.5. The molecule has 3 aromatic carbocycles. The molecule has 0 fully saturated rings. The lowest BCUT2D eigenvalue weighted by Gasteiger charge is -2.16. The molecule has 0 saturated heterocycles. The van der Waals surface area contributed by atoms with Crippen molar-refractivity contribution in [3.8, 4) is 0 Å². The van der Waals surface area contributed by atoms with Gasteiger partial charge in [0.05, 0.1) is 5.41 Å². The number of carbonyl (C=O) groups excluding carboxylic acids is 1. The van der Waals surface area contributed by atoms with Crippen LogP contribution in [0, 0.1) is 0 Å². The summed E-state index contributed by atoms with van der Waals surface area (Å²) < 4.78 is 8.52. The predicted molar refractivity (Wildman–Crippen MR) is 165 cm³/mol. The molecule has 0 spiro atoms. The van der Waals surface area contributed by atoms with Crippen molar-refractivity contribution in [2.45, 2.75) is 44.9 Å². The average molecular weight is 536 g/mol. The lowest BCUT2D eigenvalue weighted by Crippen LogP contribution is -2.28. The second kappa shape index (κ2) is 12.3. The molecule has 0 radical (unpaired) electrons. The molecule has 4 aromatic rings. The van der Waals surface area contributed by atoms with Gasteiger partial charge in [0.2, 0.25) is 11.6 Å². The molecular weight excluding hydrogens is 496 g/mol. The number of para-hydroxylation sites is 2. The van der Waals surface area contributed by atoms with E-state index in [0.717, 1.165) is 53.9 Å². The number of carbonyl (C=O) groups is 1. The monoisotopic (exact) mass is 535 g/mol. The number of fused-ring (bicyclic) bond motifs is 2. The fourth-order valence-corrected chi connectivity index (χ4v) is 5.46. The molecule has 6 heteroatoms. The summed E-state index contributed by atoms with van der Waals surface area (Å²) in [7, 11) is 0. The van der Waals surface area contributed by atoms with Crippen molar-refractivity contribution in [2.24, 2.45) is 5.73 Å². The third-order valence-electron chi connectivity index (χ3n) is 7.56. The van der Waals surface area contributed by atoms with Gasteiger partial charge in [-0.3, -0.25) is 4.79 Å². The standard InChI is InChI=1S/C34H38N4O2/c1-34(2)29-24-27(37-26-12-5-3-6-13-26)16-18-30(29)38(22-10-4-7-15-33(39)36-21-20-35)32(34)19-17-28-23-25-11-8-9-14-31(25)40-28/h3,5-6,8-9,11-14,16-19,23-24,37H,4,7,10,15,20-22,35H2,1-2H3/p+1/b19-17+. The van der Waals surface area contributed by atoms with Gasteiger partial charge in [-0.15, -0.1) is 0 Å². The van der Waals surface area contributed by atoms with Gasteiger partial charge in [-0.1, -0.05) is 36.4 Å². The number of benzene rings is 3. The van der Waals surface area contributed by atoms with E-state index in [-0.39, 0.29) is 11.3 Å². The number of nitrogens with two attached hydrogens (primary N) is 1. The van der Waals surface area contributed by atoms with Crippen LogP contribution >= 0.6 is 0 Å². The molecular formula is C34H39N4O2+. The van der Waals surface area contributed by atoms with Crippen LogP contribution < -0.4 is 16.4 Å². The third kappa shape index (κ3) is 6.18. The third-order valence-corrected chi connectivity index (χ3v) is 7.56. The minimum absolute atomic E-state index is 0.0811. The molecule has 4 N–H and O–H groups in total. The quantitative estimate of drug-likeness (QED) is 0.136. The zero-order valence-electron chi connectivity index (χ0n) is 23.5. The fraction of sp³-hybridized carbons (Fsp3) is 0.294. The van der Waals surface area contributed by atoms with Crippen molar-refractivity contribution in [3.05, 3.63) is 96.3 Å². The number of nitrogens with zero attached hydrogens (tertiary/aromatic N) is 1. The Labute approximate surface area is 236 Å². The number of nitrogens with one attached hydrogen (secondary N) is 2. The largest absolute Gasteiger partial charge is 0.457 e. The Morgan fingerprint density at radius 3 is 2.52 bits per heavy atom. The maximum Gasteiger partial charge on any atom is 0.220 e. The number of anilines is 2. The van der Waals surface area contributed by atoms with Crippen molar-refractivity contribution in [3.63, 3.8) is 0 Å². The molecule has 206 valence electrons. The molecule has 0 bridgehead atoms. The van der Waals surface area contributed by atoms with Crippen LogP contribution in [-0.4, -0.2) is 35.8 Å². The van der Waals surface area contributed by atoms with Crippen LogP contribution in [0.5, 0.6) is 0 Å². The van der Waals surface area contributed by atoms with Crippen LogP contribution in [0.1, 0.15) is 50.9 Å². The van der Waals surface area contributed by atoms with E-state index in [1.165, 1.54) is 17.0 Å². The molecule has 1 amide bonds. The first kappa shape index (κ1) is 27.4. The Kier molecular flexibility index (Phi) is 8.46. The van der Waals surface area contributed by atoms with Crippen molar-refractivity contribution in [1.29, 1.82) is 0 Å². The van der Waals surface area contributed by atoms with Gasteiger partial charge in [0.1, 0.15) is 17.9 Å². The second-order valence-corrected chi connectivity index (χ2v) is 10.9. The van der Waals surface area contributed by atoms with E-state index in [4.69, 9.17) is 10.2 Å². The molecule has 1 aliphatic heterocycles. The molecule has 0 saturated carbocycles. The van der Waals surface area contributed by atoms with Crippen molar-refractivity contribution in [1.82, 2.24) is 5.32 Å². The topological polar surface area (TPSA) is 83.3 Å². The van der Waals surface area contributed by atoms with Gasteiger partial charge in [0.15, 0.2) is 5.71 Å². The highest BCUT2D eigenvalue weighted by Gasteiger charge is 2.44. The Balaban J connectivity index is 1.39. The number of allylic oxidation sites excluding steroid dienone is 1. The van der Waals surface area contributed by atoms with Crippen LogP contribution in [-0.2, 0) is 10.2 Å². The van der Waals surface area contributed by atoms with Gasteiger partial charge in [-0.2, -0.15) is 4.58 Å². The van der Waals surface area contributed by atoms with E-state index in [9.17, 15) is 4.79 Å². The highest BCUT2D eigenvalue weighted by Crippen LogP contribution is 2.42. The predicted octanol–water partition coefficient (Wildman–Crippen LogP) is 6.90. The first-order valence-corrected chi connectivity index (χ1v) is 14.2.